The number of rotatable bonds is 5. The fraction of sp³-hybridized carbons (Fsp3) is 0.333. The summed E-state index contributed by atoms with van der Waals surface area (Å²) in [5.74, 6) is -0.00365. The molecule has 1 atom stereocenters. The second kappa shape index (κ2) is 6.70. The van der Waals surface area contributed by atoms with Gasteiger partial charge < -0.3 is 5.32 Å². The van der Waals surface area contributed by atoms with E-state index in [1.54, 1.807) is 0 Å². The molecule has 0 radical (unpaired) electrons. The van der Waals surface area contributed by atoms with Crippen LogP contribution in [0.4, 0.5) is 0 Å². The molecule has 2 rings (SSSR count). The van der Waals surface area contributed by atoms with Crippen LogP contribution in [0.3, 0.4) is 0 Å². The number of H-pyrrole nitrogens is 1. The van der Waals surface area contributed by atoms with Gasteiger partial charge in [0.15, 0.2) is 0 Å². The summed E-state index contributed by atoms with van der Waals surface area (Å²) in [5, 5.41) is 9.91. The zero-order chi connectivity index (χ0) is 14.5. The van der Waals surface area contributed by atoms with Gasteiger partial charge in [-0.3, -0.25) is 9.89 Å². The maximum absolute atomic E-state index is 11.9. The van der Waals surface area contributed by atoms with Crippen molar-refractivity contribution < 1.29 is 4.79 Å². The van der Waals surface area contributed by atoms with E-state index in [-0.39, 0.29) is 11.9 Å². The number of aromatic nitrogens is 2. The lowest BCUT2D eigenvalue weighted by molar-refractivity contribution is -0.121. The highest BCUT2D eigenvalue weighted by atomic mass is 79.9. The van der Waals surface area contributed by atoms with Crippen molar-refractivity contribution in [3.8, 4) is 0 Å². The molecule has 0 aliphatic rings. The van der Waals surface area contributed by atoms with Crippen molar-refractivity contribution in [2.24, 2.45) is 0 Å². The van der Waals surface area contributed by atoms with Crippen LogP contribution in [-0.2, 0) is 17.6 Å². The Bertz CT molecular complexity index is 594. The highest BCUT2D eigenvalue weighted by Crippen LogP contribution is 2.17. The van der Waals surface area contributed by atoms with Crippen LogP contribution >= 0.6 is 15.9 Å². The first-order chi connectivity index (χ1) is 9.54. The van der Waals surface area contributed by atoms with E-state index in [9.17, 15) is 4.79 Å². The molecule has 5 heteroatoms. The molecular weight excluding hydrogens is 318 g/mol. The molecule has 1 aromatic carbocycles. The number of carbonyl (C=O) groups is 1. The smallest absolute Gasteiger partial charge is 0.226 e. The minimum Gasteiger partial charge on any atom is -0.353 e. The van der Waals surface area contributed by atoms with Gasteiger partial charge in [-0.05, 0) is 38.0 Å². The summed E-state index contributed by atoms with van der Waals surface area (Å²) >= 11 is 3.52. The highest BCUT2D eigenvalue weighted by molar-refractivity contribution is 9.10. The van der Waals surface area contributed by atoms with Gasteiger partial charge in [0.1, 0.15) is 0 Å². The van der Waals surface area contributed by atoms with Gasteiger partial charge in [-0.2, -0.15) is 5.10 Å². The molecule has 2 aromatic rings. The first-order valence-electron chi connectivity index (χ1n) is 6.58. The number of nitrogens with zero attached hydrogens (tertiary/aromatic N) is 1. The Kier molecular flexibility index (Phi) is 4.95. The van der Waals surface area contributed by atoms with Crippen LogP contribution in [0.1, 0.15) is 23.9 Å². The Morgan fingerprint density at radius 3 is 2.85 bits per heavy atom. The maximum Gasteiger partial charge on any atom is 0.226 e. The summed E-state index contributed by atoms with van der Waals surface area (Å²) in [6, 6.07) is 10.0. The SMILES string of the molecule is Cc1cc(CC(=O)N[C@@H](C)Cc2ccccc2Br)n[nH]1. The van der Waals surface area contributed by atoms with Crippen LogP contribution in [0.15, 0.2) is 34.8 Å². The largest absolute Gasteiger partial charge is 0.353 e. The molecule has 0 unspecified atom stereocenters. The van der Waals surface area contributed by atoms with E-state index in [0.717, 1.165) is 22.3 Å². The number of benzene rings is 1. The van der Waals surface area contributed by atoms with Crippen LogP contribution in [0, 0.1) is 6.92 Å². The average Bonchev–Trinajstić information content (AvgIpc) is 2.77. The van der Waals surface area contributed by atoms with Gasteiger partial charge in [0.05, 0.1) is 12.1 Å². The first kappa shape index (κ1) is 14.8. The molecule has 0 aliphatic heterocycles. The van der Waals surface area contributed by atoms with Crippen molar-refractivity contribution in [3.63, 3.8) is 0 Å². The van der Waals surface area contributed by atoms with Gasteiger partial charge in [-0.1, -0.05) is 34.1 Å². The molecule has 0 aliphatic carbocycles. The summed E-state index contributed by atoms with van der Waals surface area (Å²) in [6.07, 6.45) is 1.11. The molecule has 20 heavy (non-hydrogen) atoms. The van der Waals surface area contributed by atoms with Crippen molar-refractivity contribution in [1.82, 2.24) is 15.5 Å². The quantitative estimate of drug-likeness (QED) is 0.882. The molecule has 0 bridgehead atoms. The van der Waals surface area contributed by atoms with Crippen molar-refractivity contribution in [2.75, 3.05) is 0 Å². The second-order valence-corrected chi connectivity index (χ2v) is 5.84. The van der Waals surface area contributed by atoms with E-state index >= 15 is 0 Å². The van der Waals surface area contributed by atoms with Crippen LogP contribution in [0.2, 0.25) is 0 Å². The number of amides is 1. The maximum atomic E-state index is 11.9. The van der Waals surface area contributed by atoms with Gasteiger partial charge in [-0.25, -0.2) is 0 Å². The lowest BCUT2D eigenvalue weighted by Crippen LogP contribution is -2.35. The Labute approximate surface area is 127 Å². The number of halogens is 1. The fourth-order valence-electron chi connectivity index (χ4n) is 2.10. The van der Waals surface area contributed by atoms with Gasteiger partial charge in [0.25, 0.3) is 0 Å². The molecular formula is C15H18BrN3O. The number of hydrogen-bond acceptors (Lipinski definition) is 2. The minimum absolute atomic E-state index is 0.00365. The molecule has 106 valence electrons. The number of carbonyl (C=O) groups excluding carboxylic acids is 1. The third kappa shape index (κ3) is 4.20. The van der Waals surface area contributed by atoms with Crippen LogP contribution < -0.4 is 5.32 Å². The molecule has 1 amide bonds. The first-order valence-corrected chi connectivity index (χ1v) is 7.37. The van der Waals surface area contributed by atoms with Crippen LogP contribution in [0.25, 0.3) is 0 Å². The third-order valence-electron chi connectivity index (χ3n) is 2.99. The van der Waals surface area contributed by atoms with Gasteiger partial charge >= 0.3 is 0 Å². The Morgan fingerprint density at radius 1 is 1.45 bits per heavy atom. The standard InChI is InChI=1S/C15H18BrN3O/c1-10(7-12-5-3-4-6-14(12)16)17-15(20)9-13-8-11(2)18-19-13/h3-6,8,10H,7,9H2,1-2H3,(H,17,20)(H,18,19)/t10-/m0/s1. The fourth-order valence-corrected chi connectivity index (χ4v) is 2.55. The van der Waals surface area contributed by atoms with E-state index in [1.807, 2.05) is 38.1 Å². The molecule has 0 saturated heterocycles. The molecule has 0 fully saturated rings. The van der Waals surface area contributed by atoms with Crippen molar-refractivity contribution >= 4 is 21.8 Å². The molecule has 2 N–H and O–H groups in total. The molecule has 1 heterocycles. The summed E-state index contributed by atoms with van der Waals surface area (Å²) in [7, 11) is 0. The normalized spacial score (nSPS) is 12.2. The zero-order valence-electron chi connectivity index (χ0n) is 11.6. The van der Waals surface area contributed by atoms with E-state index in [2.05, 4.69) is 37.5 Å². The topological polar surface area (TPSA) is 57.8 Å². The van der Waals surface area contributed by atoms with Crippen molar-refractivity contribution in [1.29, 1.82) is 0 Å². The third-order valence-corrected chi connectivity index (χ3v) is 3.77. The second-order valence-electron chi connectivity index (χ2n) is 4.98. The average molecular weight is 336 g/mol. The lowest BCUT2D eigenvalue weighted by Gasteiger charge is -2.14. The number of nitrogens with one attached hydrogen (secondary N) is 2. The summed E-state index contributed by atoms with van der Waals surface area (Å²) in [4.78, 5) is 11.9. The monoisotopic (exact) mass is 335 g/mol. The number of aromatic amines is 1. The van der Waals surface area contributed by atoms with Crippen molar-refractivity contribution in [3.05, 3.63) is 51.8 Å². The lowest BCUT2D eigenvalue weighted by atomic mass is 10.1. The molecule has 0 saturated carbocycles. The van der Waals surface area contributed by atoms with Crippen LogP contribution in [0.5, 0.6) is 0 Å². The predicted molar refractivity (Wildman–Crippen MR) is 82.5 cm³/mol. The van der Waals surface area contributed by atoms with E-state index in [4.69, 9.17) is 0 Å². The molecule has 1 aromatic heterocycles. The number of hydrogen-bond donors (Lipinski definition) is 2. The summed E-state index contributed by atoms with van der Waals surface area (Å²) in [5.41, 5.74) is 2.93. The molecule has 4 nitrogen and oxygen atoms in total. The van der Waals surface area contributed by atoms with Crippen molar-refractivity contribution in [2.45, 2.75) is 32.7 Å². The van der Waals surface area contributed by atoms with Gasteiger partial charge in [0.2, 0.25) is 5.91 Å². The zero-order valence-corrected chi connectivity index (χ0v) is 13.2. The minimum atomic E-state index is -0.00365. The van der Waals surface area contributed by atoms with E-state index < -0.39 is 0 Å². The van der Waals surface area contributed by atoms with Gasteiger partial charge in [0, 0.05) is 16.2 Å². The van der Waals surface area contributed by atoms with Gasteiger partial charge in [-0.15, -0.1) is 0 Å². The molecule has 0 spiro atoms. The summed E-state index contributed by atoms with van der Waals surface area (Å²) in [6.45, 7) is 3.93. The Morgan fingerprint density at radius 2 is 2.20 bits per heavy atom. The van der Waals surface area contributed by atoms with Crippen LogP contribution in [-0.4, -0.2) is 22.1 Å². The Balaban J connectivity index is 1.86. The number of aryl methyl sites for hydroxylation is 1. The van der Waals surface area contributed by atoms with E-state index in [0.29, 0.717) is 6.42 Å². The Hall–Kier alpha value is -1.62. The predicted octanol–water partition coefficient (Wildman–Crippen LogP) is 2.77. The van der Waals surface area contributed by atoms with E-state index in [1.165, 1.54) is 5.56 Å². The highest BCUT2D eigenvalue weighted by Gasteiger charge is 2.11. The summed E-state index contributed by atoms with van der Waals surface area (Å²) < 4.78 is 1.07.